The molecule has 1 amide bonds. The summed E-state index contributed by atoms with van der Waals surface area (Å²) in [5.74, 6) is 16.5. The molecular weight excluding hydrogens is 394 g/mol. The third kappa shape index (κ3) is 24.9. The van der Waals surface area contributed by atoms with Crippen LogP contribution in [0.1, 0.15) is 79.1 Å². The van der Waals surface area contributed by atoms with Gasteiger partial charge in [-0.1, -0.05) is 64.5 Å². The van der Waals surface area contributed by atoms with Gasteiger partial charge in [0, 0.05) is 25.8 Å². The van der Waals surface area contributed by atoms with Crippen LogP contribution in [0.25, 0.3) is 0 Å². The average Bonchev–Trinajstić information content (AvgIpc) is 2.80. The normalized spacial score (nSPS) is 11.4. The van der Waals surface area contributed by atoms with E-state index in [0.717, 1.165) is 45.1 Å². The average molecular weight is 434 g/mol. The molecule has 3 heteroatoms. The molecule has 1 N–H and O–H groups in total. The van der Waals surface area contributed by atoms with Crippen LogP contribution in [0.15, 0.2) is 24.3 Å². The molecular formula is C29H39NO2. The molecule has 0 aromatic rings. The second-order valence-corrected chi connectivity index (χ2v) is 7.55. The van der Waals surface area contributed by atoms with Gasteiger partial charge in [-0.2, -0.15) is 0 Å². The molecule has 0 spiro atoms. The lowest BCUT2D eigenvalue weighted by molar-refractivity contribution is -0.117. The van der Waals surface area contributed by atoms with Crippen molar-refractivity contribution >= 4 is 11.7 Å². The predicted octanol–water partition coefficient (Wildman–Crippen LogP) is 5.48. The maximum absolute atomic E-state index is 11.4. The summed E-state index contributed by atoms with van der Waals surface area (Å²) in [4.78, 5) is 22.7. The summed E-state index contributed by atoms with van der Waals surface area (Å²) in [6.07, 6.45) is 23.7. The summed E-state index contributed by atoms with van der Waals surface area (Å²) in [5.41, 5.74) is 0. The van der Waals surface area contributed by atoms with Crippen LogP contribution in [0.2, 0.25) is 0 Å². The van der Waals surface area contributed by atoms with Crippen LogP contribution in [-0.4, -0.2) is 18.2 Å². The molecule has 0 radical (unpaired) electrons. The number of terminal acetylenes is 2. The molecule has 0 aromatic heterocycles. The highest BCUT2D eigenvalue weighted by atomic mass is 16.1. The number of hydrogen-bond acceptors (Lipinski definition) is 2. The molecule has 3 nitrogen and oxygen atoms in total. The maximum atomic E-state index is 11.4. The third-order valence-corrected chi connectivity index (χ3v) is 4.67. The fraction of sp³-hybridized carbons (Fsp3) is 0.517. The van der Waals surface area contributed by atoms with E-state index in [0.29, 0.717) is 24.7 Å². The van der Waals surface area contributed by atoms with Crippen molar-refractivity contribution in [2.75, 3.05) is 6.54 Å². The van der Waals surface area contributed by atoms with Crippen LogP contribution in [0.4, 0.5) is 0 Å². The first-order chi connectivity index (χ1) is 15.4. The van der Waals surface area contributed by atoms with E-state index in [4.69, 9.17) is 12.8 Å². The molecule has 0 heterocycles. The molecule has 0 aliphatic heterocycles. The lowest BCUT2D eigenvalue weighted by Gasteiger charge is -2.07. The number of rotatable bonds is 13. The van der Waals surface area contributed by atoms with Gasteiger partial charge < -0.3 is 5.32 Å². The number of carbonyl (C=O) groups is 2. The summed E-state index contributed by atoms with van der Waals surface area (Å²) >= 11 is 0. The smallest absolute Gasteiger partial charge is 0.243 e. The van der Waals surface area contributed by atoms with Gasteiger partial charge in [0.1, 0.15) is 0 Å². The topological polar surface area (TPSA) is 46.2 Å². The number of hydrogen-bond donors (Lipinski definition) is 1. The molecule has 0 rings (SSSR count). The molecule has 0 saturated carbocycles. The number of allylic oxidation sites excluding steroid dienone is 3. The van der Waals surface area contributed by atoms with Crippen LogP contribution in [0, 0.1) is 60.2 Å². The van der Waals surface area contributed by atoms with Crippen molar-refractivity contribution in [3.63, 3.8) is 0 Å². The zero-order valence-corrected chi connectivity index (χ0v) is 20.3. The number of ketones is 1. The molecule has 172 valence electrons. The summed E-state index contributed by atoms with van der Waals surface area (Å²) < 4.78 is 0. The van der Waals surface area contributed by atoms with Crippen LogP contribution in [-0.2, 0) is 9.59 Å². The number of carbonyl (C=O) groups excluding carboxylic acids is 2. The fourth-order valence-electron chi connectivity index (χ4n) is 2.10. The second-order valence-electron chi connectivity index (χ2n) is 7.55. The SMILES string of the molecule is C#CC#CCC/C=C/C(=O)CCC(C)CC.C#CC#CCC/C=C\C(=O)NCC(C)CC. The monoisotopic (exact) mass is 433 g/mol. The zero-order chi connectivity index (χ0) is 24.5. The Morgan fingerprint density at radius 2 is 1.41 bits per heavy atom. The molecule has 0 saturated heterocycles. The highest BCUT2D eigenvalue weighted by Gasteiger charge is 2.02. The number of amides is 1. The first kappa shape index (κ1) is 31.0. The summed E-state index contributed by atoms with van der Waals surface area (Å²) in [7, 11) is 0. The molecule has 0 fully saturated rings. The predicted molar refractivity (Wildman–Crippen MR) is 136 cm³/mol. The first-order valence-corrected chi connectivity index (χ1v) is 11.4. The molecule has 0 aromatic carbocycles. The quantitative estimate of drug-likeness (QED) is 0.238. The van der Waals surface area contributed by atoms with Gasteiger partial charge in [-0.3, -0.25) is 9.59 Å². The van der Waals surface area contributed by atoms with Gasteiger partial charge in [-0.15, -0.1) is 12.8 Å². The van der Waals surface area contributed by atoms with E-state index < -0.39 is 0 Å². The second kappa shape index (κ2) is 24.1. The lowest BCUT2D eigenvalue weighted by atomic mass is 10.0. The van der Waals surface area contributed by atoms with E-state index >= 15 is 0 Å². The van der Waals surface area contributed by atoms with Crippen molar-refractivity contribution in [2.24, 2.45) is 11.8 Å². The molecule has 32 heavy (non-hydrogen) atoms. The molecule has 2 atom stereocenters. The van der Waals surface area contributed by atoms with Crippen molar-refractivity contribution in [1.82, 2.24) is 5.32 Å². The summed E-state index contributed by atoms with van der Waals surface area (Å²) in [6, 6.07) is 0. The van der Waals surface area contributed by atoms with Gasteiger partial charge >= 0.3 is 0 Å². The Kier molecular flexibility index (Phi) is 23.4. The highest BCUT2D eigenvalue weighted by molar-refractivity contribution is 5.89. The minimum atomic E-state index is -0.0368. The van der Waals surface area contributed by atoms with Gasteiger partial charge in [-0.05, 0) is 66.9 Å². The van der Waals surface area contributed by atoms with E-state index in [9.17, 15) is 9.59 Å². The largest absolute Gasteiger partial charge is 0.352 e. The Labute approximate surface area is 196 Å². The Bertz CT molecular complexity index is 713. The van der Waals surface area contributed by atoms with Crippen molar-refractivity contribution < 1.29 is 9.59 Å². The van der Waals surface area contributed by atoms with Gasteiger partial charge in [0.15, 0.2) is 5.78 Å². The Balaban J connectivity index is 0. The van der Waals surface area contributed by atoms with Crippen LogP contribution < -0.4 is 5.32 Å². The van der Waals surface area contributed by atoms with E-state index in [1.165, 1.54) is 0 Å². The van der Waals surface area contributed by atoms with Crippen LogP contribution in [0.3, 0.4) is 0 Å². The van der Waals surface area contributed by atoms with Gasteiger partial charge in [0.25, 0.3) is 0 Å². The summed E-state index contributed by atoms with van der Waals surface area (Å²) in [6.45, 7) is 9.27. The zero-order valence-electron chi connectivity index (χ0n) is 20.3. The van der Waals surface area contributed by atoms with Gasteiger partial charge in [0.2, 0.25) is 5.91 Å². The van der Waals surface area contributed by atoms with Crippen LogP contribution in [0.5, 0.6) is 0 Å². The Morgan fingerprint density at radius 1 is 0.875 bits per heavy atom. The van der Waals surface area contributed by atoms with E-state index in [-0.39, 0.29) is 11.7 Å². The first-order valence-electron chi connectivity index (χ1n) is 11.4. The van der Waals surface area contributed by atoms with Gasteiger partial charge in [0.05, 0.1) is 0 Å². The summed E-state index contributed by atoms with van der Waals surface area (Å²) in [5, 5.41) is 2.84. The minimum absolute atomic E-state index is 0.0368. The van der Waals surface area contributed by atoms with E-state index in [1.54, 1.807) is 12.2 Å². The van der Waals surface area contributed by atoms with E-state index in [2.05, 4.69) is 68.5 Å². The van der Waals surface area contributed by atoms with Crippen LogP contribution >= 0.6 is 0 Å². The number of unbranched alkanes of at least 4 members (excludes halogenated alkanes) is 2. The van der Waals surface area contributed by atoms with Gasteiger partial charge in [-0.25, -0.2) is 0 Å². The third-order valence-electron chi connectivity index (χ3n) is 4.67. The highest BCUT2D eigenvalue weighted by Crippen LogP contribution is 2.09. The molecule has 0 bridgehead atoms. The maximum Gasteiger partial charge on any atom is 0.243 e. The Morgan fingerprint density at radius 3 is 1.91 bits per heavy atom. The molecule has 0 aliphatic rings. The Hall–Kier alpha value is -3.14. The molecule has 0 aliphatic carbocycles. The van der Waals surface area contributed by atoms with Crippen molar-refractivity contribution in [3.8, 4) is 48.4 Å². The molecule has 2 unspecified atom stereocenters. The van der Waals surface area contributed by atoms with Crippen molar-refractivity contribution in [2.45, 2.75) is 79.1 Å². The van der Waals surface area contributed by atoms with Crippen molar-refractivity contribution in [3.05, 3.63) is 24.3 Å². The fourth-order valence-corrected chi connectivity index (χ4v) is 2.10. The lowest BCUT2D eigenvalue weighted by Crippen LogP contribution is -2.26. The van der Waals surface area contributed by atoms with E-state index in [1.807, 2.05) is 12.2 Å². The number of nitrogens with one attached hydrogen (secondary N) is 1. The standard InChI is InChI=1S/C15H20O.C14H19NO/c1-4-6-7-8-9-10-11-15(16)13-12-14(3)5-2;1-4-6-7-8-9-10-11-14(16)15-12-13(3)5-2/h1,10-11,14H,5,8-9,12-13H2,2-3H3;1,10-11,13H,5,8-9,12H2,2-3H3,(H,15,16)/b11-10+;11-10-. The minimum Gasteiger partial charge on any atom is -0.352 e. The van der Waals surface area contributed by atoms with Crippen molar-refractivity contribution in [1.29, 1.82) is 0 Å².